The number of rotatable bonds is 3. The van der Waals surface area contributed by atoms with Crippen LogP contribution < -0.4 is 0 Å². The van der Waals surface area contributed by atoms with Crippen molar-refractivity contribution in [1.82, 2.24) is 0 Å². The van der Waals surface area contributed by atoms with E-state index < -0.39 is 0 Å². The second-order valence-electron chi connectivity index (χ2n) is 3.57. The van der Waals surface area contributed by atoms with Gasteiger partial charge in [-0.1, -0.05) is 20.4 Å². The summed E-state index contributed by atoms with van der Waals surface area (Å²) in [5.74, 6) is 0.465. The van der Waals surface area contributed by atoms with Gasteiger partial charge >= 0.3 is 5.97 Å². The number of carbonyl (C=O) groups is 2. The highest BCUT2D eigenvalue weighted by molar-refractivity contribution is 5.86. The van der Waals surface area contributed by atoms with Gasteiger partial charge in [-0.15, -0.1) is 12.4 Å². The lowest BCUT2D eigenvalue weighted by atomic mass is 10.1. The standard InChI is InChI=1S/C6H12O.C5H8O2.ClH/c1-5(2)4-6(3)7;1-4(2)5(6)7-3;/h5H,4H2,1-3H3;1H2,2-3H3;1H. The zero-order chi connectivity index (χ0) is 11.7. The second kappa shape index (κ2) is 11.2. The molecule has 0 radical (unpaired) electrons. The Morgan fingerprint density at radius 1 is 1.27 bits per heavy atom. The van der Waals surface area contributed by atoms with E-state index in [0.717, 1.165) is 6.42 Å². The van der Waals surface area contributed by atoms with Gasteiger partial charge in [0, 0.05) is 12.0 Å². The molecule has 0 aliphatic rings. The van der Waals surface area contributed by atoms with Crippen LogP contribution in [-0.2, 0) is 14.3 Å². The van der Waals surface area contributed by atoms with Crippen LogP contribution in [0.2, 0.25) is 0 Å². The Morgan fingerprint density at radius 3 is 1.67 bits per heavy atom. The third kappa shape index (κ3) is 19.5. The number of Topliss-reactive ketones (excluding diaryl/α,β-unsaturated/α-hetero) is 1. The summed E-state index contributed by atoms with van der Waals surface area (Å²) in [5.41, 5.74) is 0.433. The van der Waals surface area contributed by atoms with Gasteiger partial charge in [0.1, 0.15) is 5.78 Å². The van der Waals surface area contributed by atoms with Gasteiger partial charge in [0.05, 0.1) is 7.11 Å². The van der Waals surface area contributed by atoms with Gasteiger partial charge in [0.15, 0.2) is 0 Å². The average Bonchev–Trinajstić information content (AvgIpc) is 2.01. The first-order valence-corrected chi connectivity index (χ1v) is 4.54. The zero-order valence-corrected chi connectivity index (χ0v) is 10.9. The minimum absolute atomic E-state index is 0. The smallest absolute Gasteiger partial charge is 0.332 e. The summed E-state index contributed by atoms with van der Waals surface area (Å²) in [7, 11) is 1.33. The van der Waals surface area contributed by atoms with Crippen LogP contribution in [0.4, 0.5) is 0 Å². The van der Waals surface area contributed by atoms with Crippen LogP contribution in [0, 0.1) is 5.92 Å². The molecule has 0 heterocycles. The predicted molar refractivity (Wildman–Crippen MR) is 64.2 cm³/mol. The Hall–Kier alpha value is -0.830. The van der Waals surface area contributed by atoms with Crippen LogP contribution in [0.5, 0.6) is 0 Å². The molecule has 0 unspecified atom stereocenters. The van der Waals surface area contributed by atoms with Crippen molar-refractivity contribution < 1.29 is 14.3 Å². The molecule has 0 spiro atoms. The minimum atomic E-state index is -0.347. The molecule has 0 saturated carbocycles. The van der Waals surface area contributed by atoms with E-state index >= 15 is 0 Å². The Labute approximate surface area is 98.3 Å². The van der Waals surface area contributed by atoms with Gasteiger partial charge < -0.3 is 9.53 Å². The molecule has 3 nitrogen and oxygen atoms in total. The Kier molecular flexibility index (Phi) is 14.8. The molecule has 0 amide bonds. The van der Waals surface area contributed by atoms with Crippen molar-refractivity contribution in [2.45, 2.75) is 34.1 Å². The summed E-state index contributed by atoms with van der Waals surface area (Å²) >= 11 is 0. The van der Waals surface area contributed by atoms with Crippen molar-refractivity contribution in [3.05, 3.63) is 12.2 Å². The van der Waals surface area contributed by atoms with Crippen LogP contribution in [0.1, 0.15) is 34.1 Å². The van der Waals surface area contributed by atoms with Crippen molar-refractivity contribution in [2.24, 2.45) is 5.92 Å². The number of hydrogen-bond acceptors (Lipinski definition) is 3. The lowest BCUT2D eigenvalue weighted by molar-refractivity contribution is -0.136. The van der Waals surface area contributed by atoms with Crippen LogP contribution in [0.25, 0.3) is 0 Å². The third-order valence-electron chi connectivity index (χ3n) is 1.23. The molecule has 4 heteroatoms. The molecule has 15 heavy (non-hydrogen) atoms. The van der Waals surface area contributed by atoms with E-state index in [1.54, 1.807) is 13.8 Å². The summed E-state index contributed by atoms with van der Waals surface area (Å²) in [6.45, 7) is 10.7. The average molecular weight is 237 g/mol. The lowest BCUT2D eigenvalue weighted by Gasteiger charge is -1.95. The molecule has 0 atom stereocenters. The first-order chi connectivity index (χ1) is 6.31. The largest absolute Gasteiger partial charge is 0.466 e. The first kappa shape index (κ1) is 19.7. The highest BCUT2D eigenvalue weighted by Gasteiger charge is 1.95. The molecular formula is C11H21ClO3. The van der Waals surface area contributed by atoms with Crippen LogP contribution in [0.3, 0.4) is 0 Å². The monoisotopic (exact) mass is 236 g/mol. The Bertz CT molecular complexity index is 210. The van der Waals surface area contributed by atoms with E-state index in [9.17, 15) is 9.59 Å². The van der Waals surface area contributed by atoms with E-state index in [0.29, 0.717) is 11.5 Å². The fourth-order valence-electron chi connectivity index (χ4n) is 0.749. The molecule has 0 aliphatic carbocycles. The number of ether oxygens (including phenoxy) is 1. The molecule has 0 aromatic rings. The molecule has 0 bridgehead atoms. The van der Waals surface area contributed by atoms with Gasteiger partial charge in [-0.3, -0.25) is 0 Å². The molecule has 0 aromatic carbocycles. The van der Waals surface area contributed by atoms with Gasteiger partial charge in [-0.05, 0) is 19.8 Å². The van der Waals surface area contributed by atoms with E-state index in [-0.39, 0.29) is 24.2 Å². The number of esters is 1. The first-order valence-electron chi connectivity index (χ1n) is 4.54. The van der Waals surface area contributed by atoms with Crippen LogP contribution in [-0.4, -0.2) is 18.9 Å². The quantitative estimate of drug-likeness (QED) is 0.559. The maximum absolute atomic E-state index is 10.3. The van der Waals surface area contributed by atoms with E-state index in [2.05, 4.69) is 11.3 Å². The maximum Gasteiger partial charge on any atom is 0.332 e. The van der Waals surface area contributed by atoms with E-state index in [4.69, 9.17) is 0 Å². The highest BCUT2D eigenvalue weighted by Crippen LogP contribution is 1.97. The summed E-state index contributed by atoms with van der Waals surface area (Å²) in [4.78, 5) is 20.4. The molecule has 0 saturated heterocycles. The second-order valence-corrected chi connectivity index (χ2v) is 3.57. The summed E-state index contributed by atoms with van der Waals surface area (Å²) in [5, 5.41) is 0. The SMILES string of the molecule is C=C(C)C(=O)OC.CC(=O)CC(C)C.Cl. The van der Waals surface area contributed by atoms with Crippen LogP contribution >= 0.6 is 12.4 Å². The Balaban J connectivity index is -0.000000180. The Morgan fingerprint density at radius 2 is 1.67 bits per heavy atom. The van der Waals surface area contributed by atoms with Crippen molar-refractivity contribution in [1.29, 1.82) is 0 Å². The van der Waals surface area contributed by atoms with Gasteiger partial charge in [0.25, 0.3) is 0 Å². The van der Waals surface area contributed by atoms with Crippen molar-refractivity contribution in [3.63, 3.8) is 0 Å². The number of ketones is 1. The molecular weight excluding hydrogens is 216 g/mol. The predicted octanol–water partition coefficient (Wildman–Crippen LogP) is 2.78. The molecule has 0 N–H and O–H groups in total. The fourth-order valence-corrected chi connectivity index (χ4v) is 0.749. The maximum atomic E-state index is 10.3. The third-order valence-corrected chi connectivity index (χ3v) is 1.23. The van der Waals surface area contributed by atoms with Crippen molar-refractivity contribution in [2.75, 3.05) is 7.11 Å². The lowest BCUT2D eigenvalue weighted by Crippen LogP contribution is -1.98. The van der Waals surface area contributed by atoms with Gasteiger partial charge in [-0.2, -0.15) is 0 Å². The zero-order valence-electron chi connectivity index (χ0n) is 10.1. The summed E-state index contributed by atoms with van der Waals surface area (Å²) < 4.78 is 4.27. The number of hydrogen-bond donors (Lipinski definition) is 0. The molecule has 0 rings (SSSR count). The van der Waals surface area contributed by atoms with Crippen molar-refractivity contribution >= 4 is 24.2 Å². The van der Waals surface area contributed by atoms with E-state index in [1.807, 2.05) is 13.8 Å². The normalized spacial score (nSPS) is 8.13. The number of halogens is 1. The molecule has 90 valence electrons. The number of carbonyl (C=O) groups excluding carboxylic acids is 2. The molecule has 0 aromatic heterocycles. The minimum Gasteiger partial charge on any atom is -0.466 e. The molecule has 0 fully saturated rings. The fraction of sp³-hybridized carbons (Fsp3) is 0.636. The number of methoxy groups -OCH3 is 1. The van der Waals surface area contributed by atoms with Gasteiger partial charge in [-0.25, -0.2) is 4.79 Å². The summed E-state index contributed by atoms with van der Waals surface area (Å²) in [6, 6.07) is 0. The molecule has 0 aliphatic heterocycles. The van der Waals surface area contributed by atoms with Crippen LogP contribution in [0.15, 0.2) is 12.2 Å². The van der Waals surface area contributed by atoms with E-state index in [1.165, 1.54) is 7.11 Å². The summed E-state index contributed by atoms with van der Waals surface area (Å²) in [6.07, 6.45) is 0.722. The van der Waals surface area contributed by atoms with Crippen molar-refractivity contribution in [3.8, 4) is 0 Å². The van der Waals surface area contributed by atoms with Gasteiger partial charge in [0.2, 0.25) is 0 Å². The topological polar surface area (TPSA) is 43.4 Å². The highest BCUT2D eigenvalue weighted by atomic mass is 35.5.